The first-order valence-corrected chi connectivity index (χ1v) is 9.89. The van der Waals surface area contributed by atoms with Crippen LogP contribution in [0.2, 0.25) is 0 Å². The molecule has 0 bridgehead atoms. The number of sulfonamides is 1. The van der Waals surface area contributed by atoms with Gasteiger partial charge in [0.1, 0.15) is 0 Å². The number of amides is 1. The maximum Gasteiger partial charge on any atom is 0.253 e. The van der Waals surface area contributed by atoms with Gasteiger partial charge in [0.05, 0.1) is 11.4 Å². The van der Waals surface area contributed by atoms with E-state index >= 15 is 0 Å². The molecule has 2 aromatic rings. The van der Waals surface area contributed by atoms with Gasteiger partial charge in [0.25, 0.3) is 5.91 Å². The fourth-order valence-electron chi connectivity index (χ4n) is 2.96. The molecule has 1 heterocycles. The van der Waals surface area contributed by atoms with E-state index in [0.717, 1.165) is 5.56 Å². The molecule has 1 aliphatic rings. The molecule has 0 aromatic heterocycles. The summed E-state index contributed by atoms with van der Waals surface area (Å²) in [5.74, 6) is 0.101. The fourth-order valence-corrected chi connectivity index (χ4v) is 4.52. The quantitative estimate of drug-likeness (QED) is 0.844. The standard InChI is InChI=1S/C19H22N2O3S/c1-15-4-6-16(7-5-15)14-20(2)19(22)17-8-10-18(11-9-17)21-12-3-13-25(21,23)24/h4-11H,3,12-14H2,1-2H3. The molecule has 0 N–H and O–H groups in total. The Bertz CT molecular complexity index is 859. The highest BCUT2D eigenvalue weighted by Crippen LogP contribution is 2.24. The van der Waals surface area contributed by atoms with Gasteiger partial charge < -0.3 is 4.90 Å². The van der Waals surface area contributed by atoms with Crippen molar-refractivity contribution < 1.29 is 13.2 Å². The molecule has 1 aliphatic heterocycles. The van der Waals surface area contributed by atoms with Gasteiger partial charge in [-0.2, -0.15) is 0 Å². The number of benzene rings is 2. The van der Waals surface area contributed by atoms with Gasteiger partial charge in [0, 0.05) is 25.7 Å². The first-order valence-electron chi connectivity index (χ1n) is 8.28. The highest BCUT2D eigenvalue weighted by Gasteiger charge is 2.28. The van der Waals surface area contributed by atoms with Crippen molar-refractivity contribution in [1.29, 1.82) is 0 Å². The van der Waals surface area contributed by atoms with E-state index in [9.17, 15) is 13.2 Å². The highest BCUT2D eigenvalue weighted by molar-refractivity contribution is 7.93. The van der Waals surface area contributed by atoms with Crippen LogP contribution >= 0.6 is 0 Å². The summed E-state index contributed by atoms with van der Waals surface area (Å²) in [6, 6.07) is 14.9. The summed E-state index contributed by atoms with van der Waals surface area (Å²) in [4.78, 5) is 14.2. The Morgan fingerprint density at radius 3 is 2.28 bits per heavy atom. The van der Waals surface area contributed by atoms with Crippen LogP contribution in [0.15, 0.2) is 48.5 Å². The number of anilines is 1. The van der Waals surface area contributed by atoms with Crippen molar-refractivity contribution in [3.05, 3.63) is 65.2 Å². The molecule has 0 atom stereocenters. The molecule has 0 radical (unpaired) electrons. The van der Waals surface area contributed by atoms with Crippen LogP contribution in [0.4, 0.5) is 5.69 Å². The number of rotatable bonds is 4. The fraction of sp³-hybridized carbons (Fsp3) is 0.316. The molecule has 0 saturated carbocycles. The number of aryl methyl sites for hydroxylation is 1. The molecule has 0 spiro atoms. The molecule has 5 nitrogen and oxygen atoms in total. The van der Waals surface area contributed by atoms with Crippen LogP contribution in [0.5, 0.6) is 0 Å². The molecule has 1 fully saturated rings. The van der Waals surface area contributed by atoms with Gasteiger partial charge in [-0.3, -0.25) is 9.10 Å². The maximum absolute atomic E-state index is 12.6. The van der Waals surface area contributed by atoms with E-state index in [-0.39, 0.29) is 11.7 Å². The zero-order valence-corrected chi connectivity index (χ0v) is 15.3. The first kappa shape index (κ1) is 17.5. The van der Waals surface area contributed by atoms with Crippen molar-refractivity contribution in [1.82, 2.24) is 4.90 Å². The van der Waals surface area contributed by atoms with Crippen LogP contribution in [0.1, 0.15) is 27.9 Å². The molecule has 6 heteroatoms. The molecule has 0 unspecified atom stereocenters. The number of carbonyl (C=O) groups is 1. The molecule has 3 rings (SSSR count). The van der Waals surface area contributed by atoms with E-state index in [1.54, 1.807) is 36.2 Å². The van der Waals surface area contributed by atoms with Crippen LogP contribution in [-0.4, -0.2) is 38.6 Å². The SMILES string of the molecule is Cc1ccc(CN(C)C(=O)c2ccc(N3CCCS3(=O)=O)cc2)cc1. The smallest absolute Gasteiger partial charge is 0.253 e. The van der Waals surface area contributed by atoms with Crippen LogP contribution in [-0.2, 0) is 16.6 Å². The Labute approximate surface area is 148 Å². The number of nitrogens with zero attached hydrogens (tertiary/aromatic N) is 2. The third-order valence-electron chi connectivity index (χ3n) is 4.39. The van der Waals surface area contributed by atoms with Crippen LogP contribution in [0.25, 0.3) is 0 Å². The van der Waals surface area contributed by atoms with Gasteiger partial charge in [0.15, 0.2) is 0 Å². The van der Waals surface area contributed by atoms with Gasteiger partial charge >= 0.3 is 0 Å². The number of carbonyl (C=O) groups excluding carboxylic acids is 1. The van der Waals surface area contributed by atoms with E-state index in [1.807, 2.05) is 31.2 Å². The molecule has 132 valence electrons. The second kappa shape index (κ2) is 6.88. The predicted molar refractivity (Wildman–Crippen MR) is 99.2 cm³/mol. The van der Waals surface area contributed by atoms with E-state index in [4.69, 9.17) is 0 Å². The van der Waals surface area contributed by atoms with Crippen molar-refractivity contribution in [2.45, 2.75) is 19.9 Å². The van der Waals surface area contributed by atoms with Gasteiger partial charge in [0.2, 0.25) is 10.0 Å². The largest absolute Gasteiger partial charge is 0.337 e. The van der Waals surface area contributed by atoms with E-state index in [2.05, 4.69) is 0 Å². The Balaban J connectivity index is 1.71. The van der Waals surface area contributed by atoms with E-state index in [0.29, 0.717) is 30.8 Å². The number of hydrogen-bond donors (Lipinski definition) is 0. The average Bonchev–Trinajstić information content (AvgIpc) is 2.95. The molecule has 1 amide bonds. The minimum atomic E-state index is -3.20. The second-order valence-corrected chi connectivity index (χ2v) is 8.45. The topological polar surface area (TPSA) is 57.7 Å². The van der Waals surface area contributed by atoms with Crippen molar-refractivity contribution in [3.63, 3.8) is 0 Å². The van der Waals surface area contributed by atoms with Crippen molar-refractivity contribution in [2.75, 3.05) is 23.7 Å². The third kappa shape index (κ3) is 3.85. The number of hydrogen-bond acceptors (Lipinski definition) is 3. The minimum Gasteiger partial charge on any atom is -0.337 e. The molecule has 25 heavy (non-hydrogen) atoms. The van der Waals surface area contributed by atoms with Crippen LogP contribution in [0, 0.1) is 6.92 Å². The predicted octanol–water partition coefficient (Wildman–Crippen LogP) is 2.81. The molecular formula is C19H22N2O3S. The van der Waals surface area contributed by atoms with E-state index < -0.39 is 10.0 Å². The van der Waals surface area contributed by atoms with Crippen molar-refractivity contribution in [2.24, 2.45) is 0 Å². The van der Waals surface area contributed by atoms with Crippen LogP contribution in [0.3, 0.4) is 0 Å². The summed E-state index contributed by atoms with van der Waals surface area (Å²) in [6.45, 7) is 3.06. The van der Waals surface area contributed by atoms with Crippen LogP contribution < -0.4 is 4.31 Å². The molecule has 0 aliphatic carbocycles. The lowest BCUT2D eigenvalue weighted by molar-refractivity contribution is 0.0785. The molecule has 1 saturated heterocycles. The lowest BCUT2D eigenvalue weighted by atomic mass is 10.1. The summed E-state index contributed by atoms with van der Waals surface area (Å²) in [6.07, 6.45) is 0.641. The van der Waals surface area contributed by atoms with Gasteiger partial charge in [-0.25, -0.2) is 8.42 Å². The summed E-state index contributed by atoms with van der Waals surface area (Å²) < 4.78 is 25.3. The monoisotopic (exact) mass is 358 g/mol. The zero-order valence-electron chi connectivity index (χ0n) is 14.5. The normalized spacial score (nSPS) is 16.0. The lowest BCUT2D eigenvalue weighted by Gasteiger charge is -2.19. The Kier molecular flexibility index (Phi) is 4.81. The molecule has 2 aromatic carbocycles. The zero-order chi connectivity index (χ0) is 18.0. The Hall–Kier alpha value is -2.34. The third-order valence-corrected chi connectivity index (χ3v) is 6.26. The summed E-state index contributed by atoms with van der Waals surface area (Å²) in [7, 11) is -1.43. The van der Waals surface area contributed by atoms with Crippen molar-refractivity contribution in [3.8, 4) is 0 Å². The Morgan fingerprint density at radius 2 is 1.72 bits per heavy atom. The van der Waals surface area contributed by atoms with Crippen molar-refractivity contribution >= 4 is 21.6 Å². The summed E-state index contributed by atoms with van der Waals surface area (Å²) in [5.41, 5.74) is 3.43. The molecular weight excluding hydrogens is 336 g/mol. The van der Waals surface area contributed by atoms with Gasteiger partial charge in [-0.15, -0.1) is 0 Å². The summed E-state index contributed by atoms with van der Waals surface area (Å²) >= 11 is 0. The first-order chi connectivity index (χ1) is 11.9. The second-order valence-electron chi connectivity index (χ2n) is 6.44. The summed E-state index contributed by atoms with van der Waals surface area (Å²) in [5, 5.41) is 0. The minimum absolute atomic E-state index is 0.0867. The van der Waals surface area contributed by atoms with Gasteiger partial charge in [-0.1, -0.05) is 29.8 Å². The maximum atomic E-state index is 12.6. The Morgan fingerprint density at radius 1 is 1.08 bits per heavy atom. The lowest BCUT2D eigenvalue weighted by Crippen LogP contribution is -2.27. The van der Waals surface area contributed by atoms with E-state index in [1.165, 1.54) is 9.87 Å². The average molecular weight is 358 g/mol. The highest BCUT2D eigenvalue weighted by atomic mass is 32.2. The van der Waals surface area contributed by atoms with Gasteiger partial charge in [-0.05, 0) is 43.2 Å².